The number of benzene rings is 2. The van der Waals surface area contributed by atoms with Crippen LogP contribution in [0.5, 0.6) is 0 Å². The van der Waals surface area contributed by atoms with Gasteiger partial charge in [0, 0.05) is 5.56 Å². The van der Waals surface area contributed by atoms with Crippen LogP contribution in [0.1, 0.15) is 33.9 Å². The van der Waals surface area contributed by atoms with Crippen molar-refractivity contribution in [2.24, 2.45) is 0 Å². The van der Waals surface area contributed by atoms with Crippen LogP contribution in [0.4, 0.5) is 4.39 Å². The van der Waals surface area contributed by atoms with Crippen LogP contribution in [-0.2, 0) is 6.42 Å². The molecule has 1 aromatic heterocycles. The number of nitrogens with one attached hydrogen (secondary N) is 3. The van der Waals surface area contributed by atoms with Gasteiger partial charge in [-0.25, -0.2) is 9.18 Å². The van der Waals surface area contributed by atoms with Gasteiger partial charge >= 0.3 is 5.69 Å². The highest BCUT2D eigenvalue weighted by molar-refractivity contribution is 5.97. The predicted octanol–water partition coefficient (Wildman–Crippen LogP) is 2.41. The topological polar surface area (TPSA) is 77.8 Å². The van der Waals surface area contributed by atoms with E-state index < -0.39 is 0 Å². The molecule has 0 aliphatic heterocycles. The van der Waals surface area contributed by atoms with E-state index in [4.69, 9.17) is 0 Å². The summed E-state index contributed by atoms with van der Waals surface area (Å²) in [4.78, 5) is 29.0. The van der Waals surface area contributed by atoms with Gasteiger partial charge in [-0.1, -0.05) is 6.07 Å². The molecule has 116 valence electrons. The number of hydrogen-bond acceptors (Lipinski definition) is 2. The van der Waals surface area contributed by atoms with Crippen LogP contribution in [0.3, 0.4) is 0 Å². The summed E-state index contributed by atoms with van der Waals surface area (Å²) < 4.78 is 13.4. The Labute approximate surface area is 130 Å². The Kier molecular flexibility index (Phi) is 3.04. The number of amides is 1. The molecule has 1 amide bonds. The second kappa shape index (κ2) is 5.08. The summed E-state index contributed by atoms with van der Waals surface area (Å²) in [7, 11) is 0. The fourth-order valence-electron chi connectivity index (χ4n) is 3.14. The van der Waals surface area contributed by atoms with Crippen molar-refractivity contribution in [3.05, 3.63) is 69.4 Å². The number of aromatic nitrogens is 2. The highest BCUT2D eigenvalue weighted by Gasteiger charge is 2.24. The highest BCUT2D eigenvalue weighted by Crippen LogP contribution is 2.31. The normalized spacial score (nSPS) is 16.5. The van der Waals surface area contributed by atoms with E-state index in [9.17, 15) is 14.0 Å². The zero-order valence-electron chi connectivity index (χ0n) is 12.2. The van der Waals surface area contributed by atoms with Crippen molar-refractivity contribution in [1.29, 1.82) is 0 Å². The van der Waals surface area contributed by atoms with Gasteiger partial charge in [0.15, 0.2) is 0 Å². The van der Waals surface area contributed by atoms with Crippen LogP contribution in [0.2, 0.25) is 0 Å². The number of rotatable bonds is 2. The first-order valence-electron chi connectivity index (χ1n) is 7.41. The van der Waals surface area contributed by atoms with E-state index in [2.05, 4.69) is 15.3 Å². The molecular weight excluding hydrogens is 297 g/mol. The molecule has 0 bridgehead atoms. The van der Waals surface area contributed by atoms with Crippen LogP contribution < -0.4 is 11.0 Å². The quantitative estimate of drug-likeness (QED) is 0.679. The maximum absolute atomic E-state index is 13.4. The summed E-state index contributed by atoms with van der Waals surface area (Å²) in [5.74, 6) is -0.535. The Bertz CT molecular complexity index is 973. The number of halogens is 1. The van der Waals surface area contributed by atoms with Gasteiger partial charge in [-0.2, -0.15) is 0 Å². The summed E-state index contributed by atoms with van der Waals surface area (Å²) in [6.45, 7) is 0. The van der Waals surface area contributed by atoms with Gasteiger partial charge in [0.05, 0.1) is 17.1 Å². The summed E-state index contributed by atoms with van der Waals surface area (Å²) in [5.41, 5.74) is 3.30. The first-order valence-corrected chi connectivity index (χ1v) is 7.41. The molecule has 1 aliphatic carbocycles. The summed E-state index contributed by atoms with van der Waals surface area (Å²) in [6, 6.07) is 9.48. The smallest absolute Gasteiger partial charge is 0.323 e. The van der Waals surface area contributed by atoms with Gasteiger partial charge in [-0.3, -0.25) is 4.79 Å². The maximum atomic E-state index is 13.4. The second-order valence-electron chi connectivity index (χ2n) is 5.75. The third kappa shape index (κ3) is 2.42. The van der Waals surface area contributed by atoms with Gasteiger partial charge < -0.3 is 15.3 Å². The van der Waals surface area contributed by atoms with E-state index in [-0.39, 0.29) is 23.5 Å². The number of carbonyl (C=O) groups is 1. The number of hydrogen-bond donors (Lipinski definition) is 3. The minimum atomic E-state index is -0.308. The fraction of sp³-hybridized carbons (Fsp3) is 0.176. The van der Waals surface area contributed by atoms with Crippen LogP contribution in [0.15, 0.2) is 41.2 Å². The van der Waals surface area contributed by atoms with Gasteiger partial charge in [-0.05, 0) is 54.3 Å². The predicted molar refractivity (Wildman–Crippen MR) is 83.8 cm³/mol. The Morgan fingerprint density at radius 1 is 1.13 bits per heavy atom. The lowest BCUT2D eigenvalue weighted by Crippen LogP contribution is -2.27. The Morgan fingerprint density at radius 2 is 1.96 bits per heavy atom. The second-order valence-corrected chi connectivity index (χ2v) is 5.75. The molecule has 0 saturated heterocycles. The molecule has 3 aromatic rings. The van der Waals surface area contributed by atoms with E-state index in [0.29, 0.717) is 16.6 Å². The monoisotopic (exact) mass is 311 g/mol. The van der Waals surface area contributed by atoms with Crippen molar-refractivity contribution in [2.75, 3.05) is 0 Å². The average Bonchev–Trinajstić information content (AvgIpc) is 3.09. The van der Waals surface area contributed by atoms with Crippen LogP contribution >= 0.6 is 0 Å². The molecule has 1 heterocycles. The molecule has 2 aromatic carbocycles. The lowest BCUT2D eigenvalue weighted by molar-refractivity contribution is 0.0937. The van der Waals surface area contributed by atoms with Crippen molar-refractivity contribution in [2.45, 2.75) is 18.9 Å². The molecule has 0 saturated carbocycles. The average molecular weight is 311 g/mol. The lowest BCUT2D eigenvalue weighted by Gasteiger charge is -2.14. The number of imidazole rings is 1. The SMILES string of the molecule is O=C(N[C@@H]1CCc2ccc(F)cc21)c1ccc2[nH]c(=O)[nH]c2c1. The molecule has 6 heteroatoms. The van der Waals surface area contributed by atoms with Crippen molar-refractivity contribution >= 4 is 16.9 Å². The maximum Gasteiger partial charge on any atom is 0.323 e. The van der Waals surface area contributed by atoms with Gasteiger partial charge in [0.1, 0.15) is 5.82 Å². The Hall–Kier alpha value is -2.89. The third-order valence-electron chi connectivity index (χ3n) is 4.27. The van der Waals surface area contributed by atoms with E-state index >= 15 is 0 Å². The molecule has 1 aliphatic rings. The van der Waals surface area contributed by atoms with Gasteiger partial charge in [0.2, 0.25) is 0 Å². The molecule has 3 N–H and O–H groups in total. The van der Waals surface area contributed by atoms with Crippen molar-refractivity contribution in [3.8, 4) is 0 Å². The van der Waals surface area contributed by atoms with Crippen molar-refractivity contribution in [1.82, 2.24) is 15.3 Å². The molecule has 0 fully saturated rings. The molecule has 1 atom stereocenters. The fourth-order valence-corrected chi connectivity index (χ4v) is 3.14. The van der Waals surface area contributed by atoms with Crippen molar-refractivity contribution in [3.63, 3.8) is 0 Å². The Balaban J connectivity index is 1.60. The van der Waals surface area contributed by atoms with Gasteiger partial charge in [0.25, 0.3) is 5.91 Å². The van der Waals surface area contributed by atoms with Crippen LogP contribution in [-0.4, -0.2) is 15.9 Å². The zero-order chi connectivity index (χ0) is 16.0. The van der Waals surface area contributed by atoms with Crippen LogP contribution in [0.25, 0.3) is 11.0 Å². The number of carbonyl (C=O) groups excluding carboxylic acids is 1. The molecule has 5 nitrogen and oxygen atoms in total. The summed E-state index contributed by atoms with van der Waals surface area (Å²) in [5, 5.41) is 2.94. The van der Waals surface area contributed by atoms with E-state index in [1.165, 1.54) is 12.1 Å². The molecule has 0 radical (unpaired) electrons. The first kappa shape index (κ1) is 13.8. The number of aromatic amines is 2. The first-order chi connectivity index (χ1) is 11.1. The zero-order valence-corrected chi connectivity index (χ0v) is 12.2. The lowest BCUT2D eigenvalue weighted by atomic mass is 10.1. The molecule has 23 heavy (non-hydrogen) atoms. The number of aryl methyl sites for hydroxylation is 1. The van der Waals surface area contributed by atoms with E-state index in [0.717, 1.165) is 24.0 Å². The minimum absolute atomic E-state index is 0.186. The highest BCUT2D eigenvalue weighted by atomic mass is 19.1. The minimum Gasteiger partial charge on any atom is -0.345 e. The number of H-pyrrole nitrogens is 2. The molecule has 4 rings (SSSR count). The summed E-state index contributed by atoms with van der Waals surface area (Å²) >= 11 is 0. The molecule has 0 spiro atoms. The molecular formula is C17H14FN3O2. The third-order valence-corrected chi connectivity index (χ3v) is 4.27. The number of fused-ring (bicyclic) bond motifs is 2. The summed E-state index contributed by atoms with van der Waals surface area (Å²) in [6.07, 6.45) is 1.58. The molecule has 0 unspecified atom stereocenters. The Morgan fingerprint density at radius 3 is 2.83 bits per heavy atom. The van der Waals surface area contributed by atoms with E-state index in [1.807, 2.05) is 0 Å². The van der Waals surface area contributed by atoms with Gasteiger partial charge in [-0.15, -0.1) is 0 Å². The van der Waals surface area contributed by atoms with E-state index in [1.54, 1.807) is 24.3 Å². The van der Waals surface area contributed by atoms with Crippen LogP contribution in [0, 0.1) is 5.82 Å². The van der Waals surface area contributed by atoms with Crippen molar-refractivity contribution < 1.29 is 9.18 Å². The largest absolute Gasteiger partial charge is 0.345 e. The standard InChI is InChI=1S/C17H14FN3O2/c18-11-4-1-9-2-5-13(12(9)8-11)19-16(22)10-3-6-14-15(7-10)21-17(23)20-14/h1,3-4,6-8,13H,2,5H2,(H,19,22)(H2,20,21,23)/t13-/m1/s1.